The number of para-hydroxylation sites is 1. The second kappa shape index (κ2) is 9.05. The fraction of sp³-hybridized carbons (Fsp3) is 0.360. The molecule has 12 heteroatoms. The summed E-state index contributed by atoms with van der Waals surface area (Å²) < 4.78 is 53.8. The van der Waals surface area contributed by atoms with Crippen molar-refractivity contribution in [1.82, 2.24) is 14.7 Å². The number of halogens is 4. The lowest BCUT2D eigenvalue weighted by Gasteiger charge is -2.36. The topological polar surface area (TPSA) is 71.9 Å². The van der Waals surface area contributed by atoms with Crippen LogP contribution < -0.4 is 19.7 Å². The number of hydrogen-bond donors (Lipinski definition) is 1. The number of aromatic nitrogens is 2. The van der Waals surface area contributed by atoms with Gasteiger partial charge in [-0.1, -0.05) is 29.8 Å². The zero-order chi connectivity index (χ0) is 25.7. The number of carbonyl (C=O) groups excluding carboxylic acids is 1. The van der Waals surface area contributed by atoms with Crippen LogP contribution in [0.1, 0.15) is 34.6 Å². The lowest BCUT2D eigenvalue weighted by Crippen LogP contribution is -2.49. The summed E-state index contributed by atoms with van der Waals surface area (Å²) >= 11 is 6.30. The van der Waals surface area contributed by atoms with Crippen LogP contribution in [0.2, 0.25) is 5.02 Å². The molecule has 1 aromatic heterocycles. The van der Waals surface area contributed by atoms with E-state index in [1.54, 1.807) is 23.1 Å². The van der Waals surface area contributed by atoms with Crippen LogP contribution in [0.15, 0.2) is 48.5 Å². The van der Waals surface area contributed by atoms with Gasteiger partial charge in [0.2, 0.25) is 6.79 Å². The first-order valence-electron chi connectivity index (χ1n) is 11.9. The fourth-order valence-electron chi connectivity index (χ4n) is 5.05. The Hall–Kier alpha value is -3.60. The van der Waals surface area contributed by atoms with Gasteiger partial charge in [-0.2, -0.15) is 18.3 Å². The van der Waals surface area contributed by atoms with Crippen LogP contribution in [0, 0.1) is 0 Å². The van der Waals surface area contributed by atoms with Crippen LogP contribution in [0.25, 0.3) is 0 Å². The van der Waals surface area contributed by atoms with E-state index in [0.29, 0.717) is 48.3 Å². The van der Waals surface area contributed by atoms with Gasteiger partial charge in [0.05, 0.1) is 16.8 Å². The number of carbonyl (C=O) groups is 1. The number of ether oxygens (including phenoxy) is 2. The Labute approximate surface area is 215 Å². The van der Waals surface area contributed by atoms with Gasteiger partial charge in [-0.25, -0.2) is 4.68 Å². The minimum atomic E-state index is -4.54. The highest BCUT2D eigenvalue weighted by atomic mass is 35.5. The van der Waals surface area contributed by atoms with E-state index in [0.717, 1.165) is 10.4 Å². The smallest absolute Gasteiger partial charge is 0.410 e. The molecule has 1 saturated heterocycles. The maximum absolute atomic E-state index is 14.1. The molecule has 0 unspecified atom stereocenters. The number of rotatable bonds is 3. The second-order valence-electron chi connectivity index (χ2n) is 9.19. The Morgan fingerprint density at radius 2 is 1.78 bits per heavy atom. The number of piperazine rings is 1. The molecule has 4 heterocycles. The monoisotopic (exact) mass is 533 g/mol. The van der Waals surface area contributed by atoms with Gasteiger partial charge >= 0.3 is 6.18 Å². The van der Waals surface area contributed by atoms with E-state index in [4.69, 9.17) is 21.1 Å². The standard InChI is InChI=1S/C25H23ClF3N5O3/c26-16-3-1-2-4-19(16)32-7-9-33(10-8-32)24(35)18-13-23-30-17(12-22(25(27,28)29)34(23)31-18)15-5-6-20-21(11-15)37-14-36-20/h1-6,11,13,17,22,30H,7-10,12,14H2/t17-,22-/m0/s1. The molecule has 2 aromatic carbocycles. The highest BCUT2D eigenvalue weighted by molar-refractivity contribution is 6.33. The highest BCUT2D eigenvalue weighted by Gasteiger charge is 2.47. The van der Waals surface area contributed by atoms with E-state index in [1.165, 1.54) is 6.07 Å². The summed E-state index contributed by atoms with van der Waals surface area (Å²) in [6.45, 7) is 1.99. The van der Waals surface area contributed by atoms with Gasteiger partial charge < -0.3 is 24.6 Å². The molecule has 194 valence electrons. The first kappa shape index (κ1) is 23.8. The van der Waals surface area contributed by atoms with Gasteiger partial charge in [-0.15, -0.1) is 0 Å². The first-order chi connectivity index (χ1) is 17.8. The number of alkyl halides is 3. The van der Waals surface area contributed by atoms with Crippen LogP contribution in [0.5, 0.6) is 11.5 Å². The maximum Gasteiger partial charge on any atom is 0.410 e. The van der Waals surface area contributed by atoms with Crippen molar-refractivity contribution in [2.45, 2.75) is 24.7 Å². The summed E-state index contributed by atoms with van der Waals surface area (Å²) in [5.41, 5.74) is 1.50. The Balaban J connectivity index is 1.22. The van der Waals surface area contributed by atoms with E-state index in [9.17, 15) is 18.0 Å². The summed E-state index contributed by atoms with van der Waals surface area (Å²) in [6, 6.07) is 11.4. The van der Waals surface area contributed by atoms with Crippen LogP contribution in [0.3, 0.4) is 0 Å². The summed E-state index contributed by atoms with van der Waals surface area (Å²) in [7, 11) is 0. The quantitative estimate of drug-likeness (QED) is 0.517. The van der Waals surface area contributed by atoms with Gasteiger partial charge in [-0.05, 0) is 29.8 Å². The minimum Gasteiger partial charge on any atom is -0.454 e. The third-order valence-corrected chi connectivity index (χ3v) is 7.29. The van der Waals surface area contributed by atoms with Crippen molar-refractivity contribution in [3.63, 3.8) is 0 Å². The molecule has 0 saturated carbocycles. The molecule has 0 aliphatic carbocycles. The number of benzene rings is 2. The molecule has 0 spiro atoms. The maximum atomic E-state index is 14.1. The van der Waals surface area contributed by atoms with Crippen molar-refractivity contribution < 1.29 is 27.4 Å². The molecule has 6 rings (SSSR count). The van der Waals surface area contributed by atoms with Gasteiger partial charge in [0.1, 0.15) is 5.82 Å². The van der Waals surface area contributed by atoms with Gasteiger partial charge in [0.25, 0.3) is 5.91 Å². The second-order valence-corrected chi connectivity index (χ2v) is 9.60. The molecule has 1 fully saturated rings. The lowest BCUT2D eigenvalue weighted by molar-refractivity contribution is -0.173. The van der Waals surface area contributed by atoms with Gasteiger partial charge in [0.15, 0.2) is 23.2 Å². The van der Waals surface area contributed by atoms with Crippen LogP contribution in [0.4, 0.5) is 24.7 Å². The van der Waals surface area contributed by atoms with E-state index in [-0.39, 0.29) is 24.7 Å². The number of anilines is 2. The molecule has 37 heavy (non-hydrogen) atoms. The predicted octanol–water partition coefficient (Wildman–Crippen LogP) is 4.89. The first-order valence-corrected chi connectivity index (χ1v) is 12.3. The summed E-state index contributed by atoms with van der Waals surface area (Å²) in [6.07, 6.45) is -4.82. The third-order valence-electron chi connectivity index (χ3n) is 6.97. The van der Waals surface area contributed by atoms with Crippen molar-refractivity contribution in [3.8, 4) is 11.5 Å². The molecule has 0 radical (unpaired) electrons. The number of amides is 1. The molecule has 2 atom stereocenters. The van der Waals surface area contributed by atoms with E-state index in [2.05, 4.69) is 15.3 Å². The average Bonchev–Trinajstić information content (AvgIpc) is 3.54. The molecule has 3 aromatic rings. The zero-order valence-electron chi connectivity index (χ0n) is 19.5. The number of nitrogens with zero attached hydrogens (tertiary/aromatic N) is 4. The van der Waals surface area contributed by atoms with Crippen LogP contribution in [-0.2, 0) is 0 Å². The van der Waals surface area contributed by atoms with Crippen molar-refractivity contribution in [3.05, 3.63) is 64.8 Å². The molecule has 3 aliphatic heterocycles. The van der Waals surface area contributed by atoms with E-state index in [1.807, 2.05) is 24.3 Å². The summed E-state index contributed by atoms with van der Waals surface area (Å²) in [5.74, 6) is 0.797. The molecule has 8 nitrogen and oxygen atoms in total. The molecule has 1 N–H and O–H groups in total. The van der Waals surface area contributed by atoms with Gasteiger partial charge in [-0.3, -0.25) is 4.79 Å². The molecule has 0 bridgehead atoms. The minimum absolute atomic E-state index is 0.0192. The number of hydrogen-bond acceptors (Lipinski definition) is 6. The van der Waals surface area contributed by atoms with E-state index >= 15 is 0 Å². The Bertz CT molecular complexity index is 1340. The van der Waals surface area contributed by atoms with Crippen molar-refractivity contribution in [2.75, 3.05) is 43.2 Å². The van der Waals surface area contributed by atoms with Gasteiger partial charge in [0, 0.05) is 38.7 Å². The normalized spacial score (nSPS) is 21.0. The van der Waals surface area contributed by atoms with E-state index < -0.39 is 24.2 Å². The van der Waals surface area contributed by atoms with Crippen LogP contribution >= 0.6 is 11.6 Å². The predicted molar refractivity (Wildman–Crippen MR) is 130 cm³/mol. The largest absolute Gasteiger partial charge is 0.454 e. The number of fused-ring (bicyclic) bond motifs is 2. The molecular weight excluding hydrogens is 511 g/mol. The molecular formula is C25H23ClF3N5O3. The lowest BCUT2D eigenvalue weighted by atomic mass is 9.96. The van der Waals surface area contributed by atoms with Crippen LogP contribution in [-0.4, -0.2) is 59.7 Å². The van der Waals surface area contributed by atoms with Crippen molar-refractivity contribution >= 4 is 29.0 Å². The average molecular weight is 534 g/mol. The molecule has 3 aliphatic rings. The number of nitrogens with one attached hydrogen (secondary N) is 1. The third kappa shape index (κ3) is 4.41. The van der Waals surface area contributed by atoms with Crippen molar-refractivity contribution in [2.24, 2.45) is 0 Å². The Morgan fingerprint density at radius 1 is 1.03 bits per heavy atom. The summed E-state index contributed by atoms with van der Waals surface area (Å²) in [4.78, 5) is 16.9. The molecule has 1 amide bonds. The SMILES string of the molecule is O=C(c1cc2n(n1)[C@H](C(F)(F)F)C[C@@H](c1ccc3c(c1)OCO3)N2)N1CCN(c2ccccc2Cl)CC1. The van der Waals surface area contributed by atoms with Crippen molar-refractivity contribution in [1.29, 1.82) is 0 Å². The summed E-state index contributed by atoms with van der Waals surface area (Å²) in [5, 5.41) is 7.87. The highest BCUT2D eigenvalue weighted by Crippen LogP contribution is 2.45. The Morgan fingerprint density at radius 3 is 2.54 bits per heavy atom. The fourth-order valence-corrected chi connectivity index (χ4v) is 5.30. The Kier molecular flexibility index (Phi) is 5.82. The zero-order valence-corrected chi connectivity index (χ0v) is 20.3.